The van der Waals surface area contributed by atoms with Crippen LogP contribution in [0.15, 0.2) is 0 Å². The Balaban J connectivity index is 2.99. The first-order valence-electron chi connectivity index (χ1n) is 4.26. The van der Waals surface area contributed by atoms with Gasteiger partial charge in [0, 0.05) is 20.0 Å². The number of carboxylic acid groups (broad SMARTS) is 1. The van der Waals surface area contributed by atoms with Crippen LogP contribution in [0.1, 0.15) is 13.3 Å². The third kappa shape index (κ3) is 1.78. The van der Waals surface area contributed by atoms with Crippen molar-refractivity contribution in [3.8, 4) is 0 Å². The number of carbonyl (C=O) groups is 2. The predicted molar refractivity (Wildman–Crippen MR) is 43.0 cm³/mol. The van der Waals surface area contributed by atoms with E-state index in [9.17, 15) is 22.8 Å². The van der Waals surface area contributed by atoms with Crippen LogP contribution < -0.4 is 0 Å². The van der Waals surface area contributed by atoms with Gasteiger partial charge < -0.3 is 10.0 Å². The summed E-state index contributed by atoms with van der Waals surface area (Å²) in [7, 11) is 0. The molecule has 0 aliphatic carbocycles. The van der Waals surface area contributed by atoms with Crippen molar-refractivity contribution >= 4 is 11.9 Å². The first kappa shape index (κ1) is 11.8. The molecular weight excluding hydrogens is 215 g/mol. The molecule has 4 nitrogen and oxygen atoms in total. The highest BCUT2D eigenvalue weighted by Crippen LogP contribution is 2.45. The minimum Gasteiger partial charge on any atom is -0.481 e. The van der Waals surface area contributed by atoms with Gasteiger partial charge in [0.25, 0.3) is 0 Å². The molecule has 1 aliphatic heterocycles. The summed E-state index contributed by atoms with van der Waals surface area (Å²) in [6.07, 6.45) is -5.41. The number of hydrogen-bond donors (Lipinski definition) is 1. The lowest BCUT2D eigenvalue weighted by atomic mass is 9.86. The standard InChI is InChI=1S/C8H10F3NO3/c1-5(13)12-3-2-7(4-12,6(14)15)8(9,10)11/h2-4H2,1H3,(H,14,15). The molecule has 1 amide bonds. The summed E-state index contributed by atoms with van der Waals surface area (Å²) in [5, 5.41) is 8.64. The molecule has 1 rings (SSSR count). The molecule has 0 bridgehead atoms. The van der Waals surface area contributed by atoms with Crippen LogP contribution in [-0.2, 0) is 9.59 Å². The number of hydrogen-bond acceptors (Lipinski definition) is 2. The van der Waals surface area contributed by atoms with Crippen molar-refractivity contribution in [2.75, 3.05) is 13.1 Å². The number of rotatable bonds is 1. The fourth-order valence-corrected chi connectivity index (χ4v) is 1.61. The number of carbonyl (C=O) groups excluding carboxylic acids is 1. The number of aliphatic carboxylic acids is 1. The fraction of sp³-hybridized carbons (Fsp3) is 0.750. The van der Waals surface area contributed by atoms with E-state index in [4.69, 9.17) is 5.11 Å². The lowest BCUT2D eigenvalue weighted by Crippen LogP contribution is -2.47. The molecule has 1 heterocycles. The molecule has 15 heavy (non-hydrogen) atoms. The second-order valence-corrected chi connectivity index (χ2v) is 3.58. The highest BCUT2D eigenvalue weighted by atomic mass is 19.4. The molecule has 86 valence electrons. The molecule has 1 fully saturated rings. The van der Waals surface area contributed by atoms with Gasteiger partial charge in [-0.3, -0.25) is 9.59 Å². The van der Waals surface area contributed by atoms with Gasteiger partial charge >= 0.3 is 12.1 Å². The first-order valence-corrected chi connectivity index (χ1v) is 4.26. The zero-order valence-corrected chi connectivity index (χ0v) is 7.97. The van der Waals surface area contributed by atoms with E-state index < -0.39 is 36.4 Å². The molecule has 7 heteroatoms. The molecule has 1 saturated heterocycles. The quantitative estimate of drug-likeness (QED) is 0.720. The summed E-state index contributed by atoms with van der Waals surface area (Å²) < 4.78 is 37.8. The van der Waals surface area contributed by atoms with E-state index >= 15 is 0 Å². The minimum atomic E-state index is -4.83. The van der Waals surface area contributed by atoms with Crippen molar-refractivity contribution in [2.24, 2.45) is 5.41 Å². The number of nitrogens with zero attached hydrogens (tertiary/aromatic N) is 1. The zero-order valence-electron chi connectivity index (χ0n) is 7.97. The van der Waals surface area contributed by atoms with Gasteiger partial charge in [-0.25, -0.2) is 0 Å². The molecular formula is C8H10F3NO3. The Morgan fingerprint density at radius 2 is 1.93 bits per heavy atom. The molecule has 0 aromatic rings. The predicted octanol–water partition coefficient (Wildman–Crippen LogP) is 0.872. The second kappa shape index (κ2) is 3.39. The Hall–Kier alpha value is -1.27. The van der Waals surface area contributed by atoms with Gasteiger partial charge in [0.2, 0.25) is 5.91 Å². The molecule has 0 radical (unpaired) electrons. The normalized spacial score (nSPS) is 26.8. The molecule has 0 aromatic heterocycles. The van der Waals surface area contributed by atoms with Gasteiger partial charge in [0.1, 0.15) is 0 Å². The fourth-order valence-electron chi connectivity index (χ4n) is 1.61. The van der Waals surface area contributed by atoms with E-state index in [0.29, 0.717) is 0 Å². The van der Waals surface area contributed by atoms with Gasteiger partial charge in [-0.05, 0) is 6.42 Å². The molecule has 1 atom stereocenters. The Morgan fingerprint density at radius 3 is 2.13 bits per heavy atom. The molecule has 1 aliphatic rings. The largest absolute Gasteiger partial charge is 0.481 e. The highest BCUT2D eigenvalue weighted by molar-refractivity contribution is 5.80. The first-order chi connectivity index (χ1) is 6.71. The third-order valence-electron chi connectivity index (χ3n) is 2.67. The van der Waals surface area contributed by atoms with Gasteiger partial charge in [0.15, 0.2) is 5.41 Å². The summed E-state index contributed by atoms with van der Waals surface area (Å²) in [4.78, 5) is 22.4. The van der Waals surface area contributed by atoms with Gasteiger partial charge in [-0.2, -0.15) is 13.2 Å². The Bertz CT molecular complexity index is 302. The van der Waals surface area contributed by atoms with E-state index in [2.05, 4.69) is 0 Å². The minimum absolute atomic E-state index is 0.166. The number of amides is 1. The van der Waals surface area contributed by atoms with E-state index in [1.165, 1.54) is 0 Å². The SMILES string of the molecule is CC(=O)N1CCC(C(=O)O)(C(F)(F)F)C1. The van der Waals surface area contributed by atoms with Crippen LogP contribution in [-0.4, -0.2) is 41.1 Å². The van der Waals surface area contributed by atoms with Crippen molar-refractivity contribution < 1.29 is 27.9 Å². The summed E-state index contributed by atoms with van der Waals surface area (Å²) in [6, 6.07) is 0. The summed E-state index contributed by atoms with van der Waals surface area (Å²) in [5.74, 6) is -2.46. The van der Waals surface area contributed by atoms with Crippen molar-refractivity contribution in [1.29, 1.82) is 0 Å². The summed E-state index contributed by atoms with van der Waals surface area (Å²) in [5.41, 5.74) is -2.79. The molecule has 1 unspecified atom stereocenters. The van der Waals surface area contributed by atoms with Crippen LogP contribution in [0.25, 0.3) is 0 Å². The van der Waals surface area contributed by atoms with Crippen molar-refractivity contribution in [1.82, 2.24) is 4.90 Å². The second-order valence-electron chi connectivity index (χ2n) is 3.58. The number of halogens is 3. The Kier molecular flexibility index (Phi) is 2.67. The van der Waals surface area contributed by atoms with Crippen LogP contribution in [0.2, 0.25) is 0 Å². The van der Waals surface area contributed by atoms with Crippen LogP contribution in [0.3, 0.4) is 0 Å². The van der Waals surface area contributed by atoms with E-state index in [1.54, 1.807) is 0 Å². The Labute approximate surface area is 83.7 Å². The van der Waals surface area contributed by atoms with Crippen molar-refractivity contribution in [3.05, 3.63) is 0 Å². The van der Waals surface area contributed by atoms with E-state index in [-0.39, 0.29) is 6.54 Å². The average molecular weight is 225 g/mol. The summed E-state index contributed by atoms with van der Waals surface area (Å²) in [6.45, 7) is 0.163. The maximum Gasteiger partial charge on any atom is 0.406 e. The van der Waals surface area contributed by atoms with Gasteiger partial charge in [-0.15, -0.1) is 0 Å². The number of likely N-dealkylation sites (tertiary alicyclic amines) is 1. The van der Waals surface area contributed by atoms with E-state index in [0.717, 1.165) is 11.8 Å². The molecule has 0 saturated carbocycles. The van der Waals surface area contributed by atoms with Gasteiger partial charge in [-0.1, -0.05) is 0 Å². The highest BCUT2D eigenvalue weighted by Gasteiger charge is 2.64. The lowest BCUT2D eigenvalue weighted by molar-refractivity contribution is -0.227. The van der Waals surface area contributed by atoms with Crippen LogP contribution in [0.4, 0.5) is 13.2 Å². The van der Waals surface area contributed by atoms with Crippen molar-refractivity contribution in [3.63, 3.8) is 0 Å². The lowest BCUT2D eigenvalue weighted by Gasteiger charge is -2.26. The molecule has 0 spiro atoms. The van der Waals surface area contributed by atoms with Crippen molar-refractivity contribution in [2.45, 2.75) is 19.5 Å². The molecule has 0 aromatic carbocycles. The van der Waals surface area contributed by atoms with Crippen LogP contribution in [0, 0.1) is 5.41 Å². The monoisotopic (exact) mass is 225 g/mol. The number of carboxylic acids is 1. The van der Waals surface area contributed by atoms with E-state index in [1.807, 2.05) is 0 Å². The maximum atomic E-state index is 12.6. The smallest absolute Gasteiger partial charge is 0.406 e. The Morgan fingerprint density at radius 1 is 1.40 bits per heavy atom. The van der Waals surface area contributed by atoms with Crippen LogP contribution in [0.5, 0.6) is 0 Å². The number of alkyl halides is 3. The summed E-state index contributed by atoms with van der Waals surface area (Å²) >= 11 is 0. The van der Waals surface area contributed by atoms with Gasteiger partial charge in [0.05, 0.1) is 0 Å². The average Bonchev–Trinajstić information content (AvgIpc) is 2.46. The maximum absolute atomic E-state index is 12.6. The van der Waals surface area contributed by atoms with Crippen LogP contribution >= 0.6 is 0 Å². The molecule has 1 N–H and O–H groups in total. The third-order valence-corrected chi connectivity index (χ3v) is 2.67. The topological polar surface area (TPSA) is 57.6 Å². The zero-order chi connectivity index (χ0) is 11.9.